The summed E-state index contributed by atoms with van der Waals surface area (Å²) in [5.74, 6) is 0. The van der Waals surface area contributed by atoms with Crippen molar-refractivity contribution >= 4 is 5.69 Å². The van der Waals surface area contributed by atoms with E-state index in [0.29, 0.717) is 11.8 Å². The lowest BCUT2D eigenvalue weighted by Gasteiger charge is -2.07. The molecule has 0 saturated carbocycles. The average molecular weight is 399 g/mol. The van der Waals surface area contributed by atoms with Crippen LogP contribution in [0.25, 0.3) is 0 Å². The second-order valence-electron chi connectivity index (χ2n) is 5.22. The van der Waals surface area contributed by atoms with Crippen molar-refractivity contribution in [2.24, 2.45) is 0 Å². The van der Waals surface area contributed by atoms with Crippen LogP contribution < -0.4 is 9.46 Å². The van der Waals surface area contributed by atoms with E-state index in [1.807, 2.05) is 0 Å². The smallest absolute Gasteiger partial charge is 0.479 e. The summed E-state index contributed by atoms with van der Waals surface area (Å²) in [5.41, 5.74) is -3.14. The van der Waals surface area contributed by atoms with E-state index in [1.54, 1.807) is 6.92 Å². The quantitative estimate of drug-likeness (QED) is 0.242. The highest BCUT2D eigenvalue weighted by Gasteiger charge is 2.42. The third-order valence-corrected chi connectivity index (χ3v) is 3.07. The van der Waals surface area contributed by atoms with Crippen molar-refractivity contribution in [3.05, 3.63) is 73.6 Å². The maximum Gasteiger partial charge on any atom is 0.479 e. The Labute approximate surface area is 147 Å². The summed E-state index contributed by atoms with van der Waals surface area (Å²) in [6, 6.07) is 2.24. The van der Waals surface area contributed by atoms with Gasteiger partial charge in [0, 0.05) is 11.6 Å². The van der Waals surface area contributed by atoms with Crippen LogP contribution in [0.4, 0.5) is 32.0 Å². The third-order valence-electron chi connectivity index (χ3n) is 3.07. The van der Waals surface area contributed by atoms with Gasteiger partial charge in [-0.2, -0.15) is 35.8 Å². The Morgan fingerprint density at radius 1 is 0.889 bits per heavy atom. The standard InChI is InChI=1S/C7H5F3N2O3.C7H6F3NO/c1-4-3-11(13)6(7(8,9)10)2-5(4)12(14)15;1-5-2-3-6(7(8,9)10)11(12)4-5/h2-3H,1H3;2-4H,1H3. The maximum atomic E-state index is 12.2. The van der Waals surface area contributed by atoms with Gasteiger partial charge in [0.05, 0.1) is 16.6 Å². The van der Waals surface area contributed by atoms with E-state index in [-0.39, 0.29) is 16.4 Å². The van der Waals surface area contributed by atoms with Gasteiger partial charge in [-0.05, 0) is 19.9 Å². The summed E-state index contributed by atoms with van der Waals surface area (Å²) in [4.78, 5) is 9.37. The van der Waals surface area contributed by atoms with E-state index < -0.39 is 39.1 Å². The summed E-state index contributed by atoms with van der Waals surface area (Å²) < 4.78 is 71.8. The summed E-state index contributed by atoms with van der Waals surface area (Å²) in [6.45, 7) is 2.74. The van der Waals surface area contributed by atoms with Crippen LogP contribution in [0.5, 0.6) is 0 Å². The minimum absolute atomic E-state index is 0.122. The van der Waals surface area contributed by atoms with Gasteiger partial charge >= 0.3 is 18.0 Å². The van der Waals surface area contributed by atoms with Crippen molar-refractivity contribution in [1.82, 2.24) is 0 Å². The summed E-state index contributed by atoms with van der Waals surface area (Å²) in [6.07, 6.45) is -8.06. The van der Waals surface area contributed by atoms with Gasteiger partial charge in [0.25, 0.3) is 11.4 Å². The molecule has 0 aliphatic rings. The first-order chi connectivity index (χ1) is 12.1. The molecular weight excluding hydrogens is 388 g/mol. The molecule has 7 nitrogen and oxygen atoms in total. The summed E-state index contributed by atoms with van der Waals surface area (Å²) in [5, 5.41) is 31.9. The molecule has 2 aromatic heterocycles. The zero-order valence-electron chi connectivity index (χ0n) is 13.6. The Kier molecular flexibility index (Phi) is 6.20. The number of halogens is 6. The second kappa shape index (κ2) is 7.63. The topological polar surface area (TPSA) is 97.0 Å². The van der Waals surface area contributed by atoms with Crippen molar-refractivity contribution < 1.29 is 40.7 Å². The van der Waals surface area contributed by atoms with Crippen LogP contribution in [-0.2, 0) is 12.4 Å². The van der Waals surface area contributed by atoms with Crippen molar-refractivity contribution in [2.75, 3.05) is 0 Å². The van der Waals surface area contributed by atoms with Gasteiger partial charge in [0.2, 0.25) is 0 Å². The monoisotopic (exact) mass is 399 g/mol. The highest BCUT2D eigenvalue weighted by molar-refractivity contribution is 5.37. The molecule has 0 radical (unpaired) electrons. The number of hydrogen-bond acceptors (Lipinski definition) is 4. The van der Waals surface area contributed by atoms with Crippen LogP contribution in [0.1, 0.15) is 22.5 Å². The fourth-order valence-electron chi connectivity index (χ4n) is 1.82. The van der Waals surface area contributed by atoms with Gasteiger partial charge in [-0.1, -0.05) is 0 Å². The molecule has 2 aromatic rings. The fourth-order valence-corrected chi connectivity index (χ4v) is 1.82. The van der Waals surface area contributed by atoms with Crippen molar-refractivity contribution in [2.45, 2.75) is 26.2 Å². The lowest BCUT2D eigenvalue weighted by Crippen LogP contribution is -2.36. The number of hydrogen-bond donors (Lipinski definition) is 0. The first kappa shape index (κ1) is 21.9. The lowest BCUT2D eigenvalue weighted by atomic mass is 10.2. The molecule has 0 saturated heterocycles. The Hall–Kier alpha value is -3.12. The van der Waals surface area contributed by atoms with Gasteiger partial charge < -0.3 is 10.4 Å². The molecule has 0 N–H and O–H groups in total. The maximum absolute atomic E-state index is 12.2. The Balaban J connectivity index is 0.000000277. The Bertz CT molecular complexity index is 852. The average Bonchev–Trinajstić information content (AvgIpc) is 2.44. The van der Waals surface area contributed by atoms with Crippen LogP contribution in [-0.4, -0.2) is 4.92 Å². The van der Waals surface area contributed by atoms with Crippen molar-refractivity contribution in [3.8, 4) is 0 Å². The van der Waals surface area contributed by atoms with Crippen LogP contribution in [0, 0.1) is 34.4 Å². The minimum Gasteiger partial charge on any atom is -0.618 e. The highest BCUT2D eigenvalue weighted by atomic mass is 19.4. The molecule has 0 unspecified atom stereocenters. The van der Waals surface area contributed by atoms with Gasteiger partial charge in [-0.3, -0.25) is 10.1 Å². The van der Waals surface area contributed by atoms with Gasteiger partial charge in [0.15, 0.2) is 12.4 Å². The van der Waals surface area contributed by atoms with Crippen molar-refractivity contribution in [3.63, 3.8) is 0 Å². The molecule has 2 heterocycles. The minimum atomic E-state index is -4.90. The van der Waals surface area contributed by atoms with Crippen molar-refractivity contribution in [1.29, 1.82) is 0 Å². The fraction of sp³-hybridized carbons (Fsp3) is 0.286. The number of pyridine rings is 2. The van der Waals surface area contributed by atoms with Crippen LogP contribution in [0.2, 0.25) is 0 Å². The Morgan fingerprint density at radius 3 is 1.78 bits per heavy atom. The lowest BCUT2D eigenvalue weighted by molar-refractivity contribution is -0.630. The molecule has 0 atom stereocenters. The molecule has 148 valence electrons. The molecule has 0 aliphatic carbocycles. The van der Waals surface area contributed by atoms with Crippen LogP contribution >= 0.6 is 0 Å². The highest BCUT2D eigenvalue weighted by Crippen LogP contribution is 2.29. The van der Waals surface area contributed by atoms with E-state index >= 15 is 0 Å². The summed E-state index contributed by atoms with van der Waals surface area (Å²) in [7, 11) is 0. The molecule has 27 heavy (non-hydrogen) atoms. The largest absolute Gasteiger partial charge is 0.618 e. The number of aromatic nitrogens is 2. The number of aryl methyl sites for hydroxylation is 2. The zero-order valence-corrected chi connectivity index (χ0v) is 13.6. The van der Waals surface area contributed by atoms with Crippen LogP contribution in [0.15, 0.2) is 30.6 Å². The molecule has 0 aliphatic heterocycles. The number of rotatable bonds is 1. The van der Waals surface area contributed by atoms with Gasteiger partial charge in [-0.15, -0.1) is 0 Å². The SMILES string of the molecule is Cc1c[n+]([O-])c(C(F)(F)F)cc1[N+](=O)[O-].Cc1ccc(C(F)(F)F)[n+]([O-])c1. The predicted octanol–water partition coefficient (Wildman–Crippen LogP) is 3.20. The van der Waals surface area contributed by atoms with E-state index in [0.717, 1.165) is 12.3 Å². The third kappa shape index (κ3) is 5.69. The molecule has 0 fully saturated rings. The predicted molar refractivity (Wildman–Crippen MR) is 76.9 cm³/mol. The van der Waals surface area contributed by atoms with E-state index in [2.05, 4.69) is 0 Å². The molecule has 0 aromatic carbocycles. The molecule has 13 heteroatoms. The van der Waals surface area contributed by atoms with E-state index in [4.69, 9.17) is 0 Å². The summed E-state index contributed by atoms with van der Waals surface area (Å²) >= 11 is 0. The molecular formula is C14H11F6N3O4. The number of nitrogens with zero attached hydrogens (tertiary/aromatic N) is 3. The number of nitro groups is 1. The van der Waals surface area contributed by atoms with E-state index in [1.165, 1.54) is 13.0 Å². The molecule has 0 spiro atoms. The molecule has 0 amide bonds. The van der Waals surface area contributed by atoms with Gasteiger partial charge in [-0.25, -0.2) is 0 Å². The zero-order chi connectivity index (χ0) is 21.2. The first-order valence-electron chi connectivity index (χ1n) is 6.87. The van der Waals surface area contributed by atoms with Crippen LogP contribution in [0.3, 0.4) is 0 Å². The normalized spacial score (nSPS) is 11.6. The molecule has 0 bridgehead atoms. The second-order valence-corrected chi connectivity index (χ2v) is 5.22. The molecule has 2 rings (SSSR count). The first-order valence-corrected chi connectivity index (χ1v) is 6.87. The van der Waals surface area contributed by atoms with E-state index in [9.17, 15) is 46.9 Å². The number of alkyl halides is 6. The van der Waals surface area contributed by atoms with Gasteiger partial charge in [0.1, 0.15) is 0 Å². The Morgan fingerprint density at radius 2 is 1.37 bits per heavy atom.